The molecule has 1 heterocycles. The molecule has 108 valence electrons. The molecule has 20 heavy (non-hydrogen) atoms. The van der Waals surface area contributed by atoms with Gasteiger partial charge in [0.05, 0.1) is 23.1 Å². The van der Waals surface area contributed by atoms with Crippen molar-refractivity contribution in [2.24, 2.45) is 0 Å². The maximum atomic E-state index is 12.5. The first-order valence-corrected chi connectivity index (χ1v) is 6.30. The molecule has 0 atom stereocenters. The fraction of sp³-hybridized carbons (Fsp3) is 0.385. The third kappa shape index (κ3) is 3.57. The summed E-state index contributed by atoms with van der Waals surface area (Å²) >= 11 is 0. The van der Waals surface area contributed by atoms with Crippen molar-refractivity contribution in [3.05, 3.63) is 41.7 Å². The van der Waals surface area contributed by atoms with Gasteiger partial charge in [0.1, 0.15) is 0 Å². The lowest BCUT2D eigenvalue weighted by Gasteiger charge is -2.06. The molecule has 0 saturated carbocycles. The summed E-state index contributed by atoms with van der Waals surface area (Å²) in [5, 5.41) is 11.4. The smallest absolute Gasteiger partial charge is 0.311 e. The van der Waals surface area contributed by atoms with Crippen LogP contribution in [0.25, 0.3) is 5.69 Å². The summed E-state index contributed by atoms with van der Waals surface area (Å²) in [6.07, 6.45) is -1.71. The largest absolute Gasteiger partial charge is 0.416 e. The highest BCUT2D eigenvalue weighted by molar-refractivity contribution is 5.33. The number of nitrogens with zero attached hydrogens (tertiary/aromatic N) is 3. The summed E-state index contributed by atoms with van der Waals surface area (Å²) in [6.45, 7) is 3.54. The zero-order valence-corrected chi connectivity index (χ0v) is 11.0. The van der Waals surface area contributed by atoms with Crippen molar-refractivity contribution in [1.29, 1.82) is 0 Å². The van der Waals surface area contributed by atoms with E-state index in [1.54, 1.807) is 6.20 Å². The van der Waals surface area contributed by atoms with E-state index in [4.69, 9.17) is 0 Å². The molecule has 2 aromatic rings. The van der Waals surface area contributed by atoms with E-state index in [9.17, 15) is 13.2 Å². The zero-order valence-electron chi connectivity index (χ0n) is 11.0. The van der Waals surface area contributed by atoms with Crippen molar-refractivity contribution in [3.8, 4) is 5.69 Å². The second kappa shape index (κ2) is 6.04. The fourth-order valence-electron chi connectivity index (χ4n) is 1.68. The molecule has 4 nitrogen and oxygen atoms in total. The van der Waals surface area contributed by atoms with Crippen molar-refractivity contribution in [3.63, 3.8) is 0 Å². The normalized spacial score (nSPS) is 11.8. The minimum Gasteiger partial charge on any atom is -0.311 e. The lowest BCUT2D eigenvalue weighted by Crippen LogP contribution is -2.14. The number of alkyl halides is 3. The quantitative estimate of drug-likeness (QED) is 0.859. The molecule has 1 aromatic heterocycles. The molecule has 7 heteroatoms. The van der Waals surface area contributed by atoms with Gasteiger partial charge in [-0.3, -0.25) is 0 Å². The molecule has 1 N–H and O–H groups in total. The molecule has 0 fully saturated rings. The van der Waals surface area contributed by atoms with E-state index >= 15 is 0 Å². The molecule has 0 unspecified atom stereocenters. The Labute approximate surface area is 114 Å². The highest BCUT2D eigenvalue weighted by Gasteiger charge is 2.30. The second-order valence-corrected chi connectivity index (χ2v) is 4.35. The Balaban J connectivity index is 2.08. The molecular formula is C13H15F3N4. The van der Waals surface area contributed by atoms with Gasteiger partial charge in [0.2, 0.25) is 0 Å². The van der Waals surface area contributed by atoms with Crippen LogP contribution in [0.2, 0.25) is 0 Å². The monoisotopic (exact) mass is 284 g/mol. The minimum atomic E-state index is -4.33. The maximum Gasteiger partial charge on any atom is 0.416 e. The van der Waals surface area contributed by atoms with Crippen LogP contribution in [0.15, 0.2) is 30.5 Å². The van der Waals surface area contributed by atoms with E-state index in [0.29, 0.717) is 12.2 Å². The molecule has 0 aliphatic carbocycles. The van der Waals surface area contributed by atoms with Gasteiger partial charge in [-0.25, -0.2) is 0 Å². The Hall–Kier alpha value is -1.89. The Kier molecular flexibility index (Phi) is 4.39. The number of halogens is 3. The van der Waals surface area contributed by atoms with Crippen LogP contribution in [-0.2, 0) is 12.7 Å². The number of hydrogen-bond donors (Lipinski definition) is 1. The summed E-state index contributed by atoms with van der Waals surface area (Å²) in [7, 11) is 0. The number of rotatable bonds is 5. The van der Waals surface area contributed by atoms with Crippen LogP contribution in [-0.4, -0.2) is 21.5 Å². The highest BCUT2D eigenvalue weighted by atomic mass is 19.4. The molecular weight excluding hydrogens is 269 g/mol. The molecule has 0 aliphatic heterocycles. The van der Waals surface area contributed by atoms with E-state index in [1.165, 1.54) is 16.9 Å². The Morgan fingerprint density at radius 2 is 1.90 bits per heavy atom. The molecule has 0 aliphatic rings. The van der Waals surface area contributed by atoms with E-state index in [0.717, 1.165) is 30.8 Å². The Morgan fingerprint density at radius 3 is 2.50 bits per heavy atom. The number of nitrogens with one attached hydrogen (secondary N) is 1. The molecule has 0 amide bonds. The lowest BCUT2D eigenvalue weighted by molar-refractivity contribution is -0.137. The van der Waals surface area contributed by atoms with Gasteiger partial charge in [0, 0.05) is 6.54 Å². The van der Waals surface area contributed by atoms with Gasteiger partial charge < -0.3 is 5.32 Å². The molecule has 0 saturated heterocycles. The third-order valence-electron chi connectivity index (χ3n) is 2.70. The second-order valence-electron chi connectivity index (χ2n) is 4.35. The molecule has 0 spiro atoms. The first-order chi connectivity index (χ1) is 9.50. The van der Waals surface area contributed by atoms with Gasteiger partial charge in [0.15, 0.2) is 0 Å². The van der Waals surface area contributed by atoms with Crippen molar-refractivity contribution in [1.82, 2.24) is 20.3 Å². The topological polar surface area (TPSA) is 42.7 Å². The molecule has 0 radical (unpaired) electrons. The van der Waals surface area contributed by atoms with Crippen molar-refractivity contribution in [2.45, 2.75) is 26.1 Å². The molecule has 2 rings (SSSR count). The number of benzene rings is 1. The highest BCUT2D eigenvalue weighted by Crippen LogP contribution is 2.29. The maximum absolute atomic E-state index is 12.5. The van der Waals surface area contributed by atoms with Crippen molar-refractivity contribution >= 4 is 0 Å². The average Bonchev–Trinajstić information content (AvgIpc) is 2.87. The van der Waals surface area contributed by atoms with E-state index in [2.05, 4.69) is 22.4 Å². The van der Waals surface area contributed by atoms with Crippen LogP contribution in [0.5, 0.6) is 0 Å². The van der Waals surface area contributed by atoms with Gasteiger partial charge in [-0.2, -0.15) is 28.2 Å². The summed E-state index contributed by atoms with van der Waals surface area (Å²) in [5.74, 6) is 0. The van der Waals surface area contributed by atoms with Crippen LogP contribution in [0.1, 0.15) is 24.6 Å². The van der Waals surface area contributed by atoms with Gasteiger partial charge in [-0.15, -0.1) is 0 Å². The van der Waals surface area contributed by atoms with E-state index in [-0.39, 0.29) is 0 Å². The van der Waals surface area contributed by atoms with Gasteiger partial charge in [-0.05, 0) is 37.2 Å². The minimum absolute atomic E-state index is 0.500. The first kappa shape index (κ1) is 14.5. The van der Waals surface area contributed by atoms with Crippen molar-refractivity contribution in [2.75, 3.05) is 6.54 Å². The predicted octanol–water partition coefficient (Wildman–Crippen LogP) is 2.79. The third-order valence-corrected chi connectivity index (χ3v) is 2.70. The summed E-state index contributed by atoms with van der Waals surface area (Å²) in [6, 6.07) is 4.75. The van der Waals surface area contributed by atoms with Gasteiger partial charge >= 0.3 is 6.18 Å². The van der Waals surface area contributed by atoms with Crippen LogP contribution in [0.4, 0.5) is 13.2 Å². The fourth-order valence-corrected chi connectivity index (χ4v) is 1.68. The van der Waals surface area contributed by atoms with Gasteiger partial charge in [0.25, 0.3) is 0 Å². The number of aromatic nitrogens is 3. The standard InChI is InChI=1S/C13H15F3N4/c1-2-7-17-8-11-9-18-20(19-11)12-5-3-10(4-6-12)13(14,15)16/h3-6,9,17H,2,7-8H2,1H3. The zero-order chi connectivity index (χ0) is 14.6. The SMILES string of the molecule is CCCNCc1cnn(-c2ccc(C(F)(F)F)cc2)n1. The summed E-state index contributed by atoms with van der Waals surface area (Å²) < 4.78 is 37.4. The predicted molar refractivity (Wildman–Crippen MR) is 68.4 cm³/mol. The lowest BCUT2D eigenvalue weighted by atomic mass is 10.2. The van der Waals surface area contributed by atoms with Crippen LogP contribution in [0, 0.1) is 0 Å². The van der Waals surface area contributed by atoms with Crippen LogP contribution in [0.3, 0.4) is 0 Å². The van der Waals surface area contributed by atoms with E-state index < -0.39 is 11.7 Å². The first-order valence-electron chi connectivity index (χ1n) is 6.30. The Bertz CT molecular complexity index is 545. The molecule has 1 aromatic carbocycles. The van der Waals surface area contributed by atoms with Crippen LogP contribution >= 0.6 is 0 Å². The molecule has 0 bridgehead atoms. The van der Waals surface area contributed by atoms with Gasteiger partial charge in [-0.1, -0.05) is 6.92 Å². The average molecular weight is 284 g/mol. The van der Waals surface area contributed by atoms with Crippen molar-refractivity contribution < 1.29 is 13.2 Å². The van der Waals surface area contributed by atoms with Crippen LogP contribution < -0.4 is 5.32 Å². The summed E-state index contributed by atoms with van der Waals surface area (Å²) in [5.41, 5.74) is 0.566. The Morgan fingerprint density at radius 1 is 1.20 bits per heavy atom. The van der Waals surface area contributed by atoms with E-state index in [1.807, 2.05) is 0 Å². The number of hydrogen-bond acceptors (Lipinski definition) is 3. The summed E-state index contributed by atoms with van der Waals surface area (Å²) in [4.78, 5) is 1.32.